The van der Waals surface area contributed by atoms with Gasteiger partial charge in [-0.3, -0.25) is 4.72 Å². The minimum absolute atomic E-state index is 0.00609. The molecule has 3 aromatic rings. The van der Waals surface area contributed by atoms with Crippen LogP contribution in [-0.4, -0.2) is 30.7 Å². The zero-order chi connectivity index (χ0) is 20.9. The van der Waals surface area contributed by atoms with Crippen LogP contribution >= 0.6 is 0 Å². The SMILES string of the molecule is COc1cc(OC)c2c(c1)-c1onc(NS(=O)c3ccccc3OC)c1CC21CC1. The first-order chi connectivity index (χ1) is 14.6. The van der Waals surface area contributed by atoms with Crippen molar-refractivity contribution in [3.8, 4) is 28.6 Å². The van der Waals surface area contributed by atoms with E-state index in [-0.39, 0.29) is 5.41 Å². The van der Waals surface area contributed by atoms with Crippen LogP contribution in [0.5, 0.6) is 17.2 Å². The van der Waals surface area contributed by atoms with E-state index in [4.69, 9.17) is 18.7 Å². The first kappa shape index (κ1) is 19.0. The molecule has 1 saturated carbocycles. The van der Waals surface area contributed by atoms with Crippen LogP contribution in [0.3, 0.4) is 0 Å². The number of hydrogen-bond acceptors (Lipinski definition) is 6. The average Bonchev–Trinajstić information content (AvgIpc) is 3.44. The molecule has 156 valence electrons. The minimum atomic E-state index is -1.54. The van der Waals surface area contributed by atoms with Crippen LogP contribution in [-0.2, 0) is 22.8 Å². The number of rotatable bonds is 6. The molecule has 1 atom stereocenters. The molecule has 1 N–H and O–H groups in total. The monoisotopic (exact) mass is 426 g/mol. The number of anilines is 1. The van der Waals surface area contributed by atoms with Gasteiger partial charge in [0.25, 0.3) is 0 Å². The van der Waals surface area contributed by atoms with Gasteiger partial charge in [-0.25, -0.2) is 4.21 Å². The molecule has 8 heteroatoms. The number of para-hydroxylation sites is 1. The van der Waals surface area contributed by atoms with Gasteiger partial charge in [0.15, 0.2) is 22.6 Å². The summed E-state index contributed by atoms with van der Waals surface area (Å²) in [6.45, 7) is 0. The largest absolute Gasteiger partial charge is 0.497 e. The molecular formula is C22H22N2O5S. The summed E-state index contributed by atoms with van der Waals surface area (Å²) in [4.78, 5) is 0.553. The van der Waals surface area contributed by atoms with Crippen LogP contribution in [0.25, 0.3) is 11.3 Å². The molecule has 1 aromatic heterocycles. The number of fused-ring (bicyclic) bond motifs is 4. The summed E-state index contributed by atoms with van der Waals surface area (Å²) >= 11 is 0. The highest BCUT2D eigenvalue weighted by molar-refractivity contribution is 7.86. The van der Waals surface area contributed by atoms with Crippen molar-refractivity contribution in [2.24, 2.45) is 0 Å². The zero-order valence-corrected chi connectivity index (χ0v) is 17.8. The normalized spacial score (nSPS) is 16.4. The van der Waals surface area contributed by atoms with Crippen molar-refractivity contribution in [3.63, 3.8) is 0 Å². The maximum Gasteiger partial charge on any atom is 0.185 e. The standard InChI is InChI=1S/C22H22N2O5S/c1-26-13-10-14-19(17(11-13)28-3)22(8-9-22)12-15-20(14)29-23-21(15)24-30(25)18-7-5-4-6-16(18)27-2/h4-7,10-11H,8-9,12H2,1-3H3,(H,23,24). The van der Waals surface area contributed by atoms with Crippen molar-refractivity contribution in [2.45, 2.75) is 29.6 Å². The number of ether oxygens (including phenoxy) is 3. The summed E-state index contributed by atoms with van der Waals surface area (Å²) in [6, 6.07) is 11.1. The molecule has 0 bridgehead atoms. The van der Waals surface area contributed by atoms with E-state index in [0.29, 0.717) is 28.0 Å². The van der Waals surface area contributed by atoms with Gasteiger partial charge in [0.2, 0.25) is 0 Å². The first-order valence-electron chi connectivity index (χ1n) is 9.67. The lowest BCUT2D eigenvalue weighted by Gasteiger charge is -2.27. The van der Waals surface area contributed by atoms with Gasteiger partial charge in [-0.15, -0.1) is 0 Å². The Hall–Kier alpha value is -3.00. The second-order valence-electron chi connectivity index (χ2n) is 7.57. The van der Waals surface area contributed by atoms with Crippen molar-refractivity contribution < 1.29 is 22.9 Å². The molecule has 1 heterocycles. The summed E-state index contributed by atoms with van der Waals surface area (Å²) in [5.41, 5.74) is 2.99. The Kier molecular flexibility index (Phi) is 4.47. The van der Waals surface area contributed by atoms with Gasteiger partial charge >= 0.3 is 0 Å². The third kappa shape index (κ3) is 2.86. The Morgan fingerprint density at radius 1 is 1.07 bits per heavy atom. The molecule has 0 aliphatic heterocycles. The van der Waals surface area contributed by atoms with Crippen molar-refractivity contribution in [2.75, 3.05) is 26.1 Å². The fraction of sp³-hybridized carbons (Fsp3) is 0.318. The number of nitrogens with one attached hydrogen (secondary N) is 1. The van der Waals surface area contributed by atoms with Gasteiger partial charge in [-0.1, -0.05) is 17.3 Å². The molecule has 1 spiro atoms. The summed E-state index contributed by atoms with van der Waals surface area (Å²) in [5, 5.41) is 4.22. The Bertz CT molecular complexity index is 1150. The predicted molar refractivity (Wildman–Crippen MR) is 113 cm³/mol. The van der Waals surface area contributed by atoms with Gasteiger partial charge < -0.3 is 18.7 Å². The molecule has 2 aliphatic carbocycles. The Labute approximate surface area is 176 Å². The first-order valence-corrected chi connectivity index (χ1v) is 10.8. The summed E-state index contributed by atoms with van der Waals surface area (Å²) in [5.74, 6) is 3.21. The predicted octanol–water partition coefficient (Wildman–Crippen LogP) is 4.09. The molecule has 30 heavy (non-hydrogen) atoms. The molecule has 2 aromatic carbocycles. The van der Waals surface area contributed by atoms with E-state index in [0.717, 1.165) is 41.7 Å². The van der Waals surface area contributed by atoms with Crippen molar-refractivity contribution in [1.29, 1.82) is 0 Å². The van der Waals surface area contributed by atoms with E-state index in [1.807, 2.05) is 24.3 Å². The van der Waals surface area contributed by atoms with E-state index < -0.39 is 11.0 Å². The highest BCUT2D eigenvalue weighted by Gasteiger charge is 2.52. The second kappa shape index (κ2) is 7.05. The molecule has 1 fully saturated rings. The molecule has 5 rings (SSSR count). The number of methoxy groups -OCH3 is 3. The fourth-order valence-electron chi connectivity index (χ4n) is 4.28. The van der Waals surface area contributed by atoms with E-state index in [9.17, 15) is 4.21 Å². The maximum atomic E-state index is 13.0. The summed E-state index contributed by atoms with van der Waals surface area (Å²) in [6.07, 6.45) is 2.87. The van der Waals surface area contributed by atoms with E-state index in [1.165, 1.54) is 0 Å². The maximum absolute atomic E-state index is 13.0. The Balaban J connectivity index is 1.57. The number of benzene rings is 2. The summed E-state index contributed by atoms with van der Waals surface area (Å²) in [7, 11) is 3.31. The van der Waals surface area contributed by atoms with Gasteiger partial charge in [0.1, 0.15) is 22.1 Å². The van der Waals surface area contributed by atoms with Crippen molar-refractivity contribution >= 4 is 16.8 Å². The van der Waals surface area contributed by atoms with Crippen molar-refractivity contribution in [3.05, 3.63) is 47.5 Å². The van der Waals surface area contributed by atoms with E-state index in [1.54, 1.807) is 33.5 Å². The van der Waals surface area contributed by atoms with Crippen LogP contribution in [0, 0.1) is 0 Å². The van der Waals surface area contributed by atoms with Crippen molar-refractivity contribution in [1.82, 2.24) is 5.16 Å². The molecule has 1 unspecified atom stereocenters. The third-order valence-electron chi connectivity index (χ3n) is 5.92. The van der Waals surface area contributed by atoms with Gasteiger partial charge in [0, 0.05) is 28.2 Å². The molecule has 7 nitrogen and oxygen atoms in total. The highest BCUT2D eigenvalue weighted by Crippen LogP contribution is 2.61. The lowest BCUT2D eigenvalue weighted by Crippen LogP contribution is -2.19. The van der Waals surface area contributed by atoms with Crippen LogP contribution in [0.15, 0.2) is 45.8 Å². The van der Waals surface area contributed by atoms with Crippen LogP contribution in [0.2, 0.25) is 0 Å². The lowest BCUT2D eigenvalue weighted by atomic mass is 9.78. The lowest BCUT2D eigenvalue weighted by molar-refractivity contribution is 0.384. The van der Waals surface area contributed by atoms with Crippen LogP contribution in [0.1, 0.15) is 24.0 Å². The molecule has 0 amide bonds. The van der Waals surface area contributed by atoms with Gasteiger partial charge in [0.05, 0.1) is 21.3 Å². The Morgan fingerprint density at radius 2 is 1.83 bits per heavy atom. The third-order valence-corrected chi connectivity index (χ3v) is 7.04. The quantitative estimate of drug-likeness (QED) is 0.639. The molecule has 0 radical (unpaired) electrons. The van der Waals surface area contributed by atoms with Crippen LogP contribution in [0.4, 0.5) is 5.82 Å². The smallest absolute Gasteiger partial charge is 0.185 e. The van der Waals surface area contributed by atoms with E-state index >= 15 is 0 Å². The molecule has 0 saturated heterocycles. The second-order valence-corrected chi connectivity index (χ2v) is 8.75. The van der Waals surface area contributed by atoms with Gasteiger partial charge in [-0.2, -0.15) is 0 Å². The molecular weight excluding hydrogens is 404 g/mol. The Morgan fingerprint density at radius 3 is 2.53 bits per heavy atom. The topological polar surface area (TPSA) is 82.8 Å². The zero-order valence-electron chi connectivity index (χ0n) is 17.0. The molecule has 2 aliphatic rings. The van der Waals surface area contributed by atoms with Crippen LogP contribution < -0.4 is 18.9 Å². The average molecular weight is 426 g/mol. The minimum Gasteiger partial charge on any atom is -0.497 e. The highest BCUT2D eigenvalue weighted by atomic mass is 32.2. The fourth-order valence-corrected chi connectivity index (χ4v) is 5.26. The number of hydrogen-bond donors (Lipinski definition) is 1. The van der Waals surface area contributed by atoms with Gasteiger partial charge in [-0.05, 0) is 37.5 Å². The number of aromatic nitrogens is 1. The summed E-state index contributed by atoms with van der Waals surface area (Å²) < 4.78 is 38.2. The number of nitrogens with zero attached hydrogens (tertiary/aromatic N) is 1. The van der Waals surface area contributed by atoms with E-state index in [2.05, 4.69) is 9.88 Å².